The van der Waals surface area contributed by atoms with E-state index in [1.165, 1.54) is 32.2 Å². The van der Waals surface area contributed by atoms with Crippen LogP contribution in [0.5, 0.6) is 0 Å². The molecule has 5 nitrogen and oxygen atoms in total. The molecule has 2 aromatic rings. The Morgan fingerprint density at radius 3 is 2.40 bits per heavy atom. The molecular formula is C17H18F2N2O3S. The van der Waals surface area contributed by atoms with Gasteiger partial charge in [-0.15, -0.1) is 0 Å². The highest BCUT2D eigenvalue weighted by Crippen LogP contribution is 2.18. The molecule has 0 bridgehead atoms. The molecule has 0 saturated heterocycles. The minimum absolute atomic E-state index is 0.0722. The maximum atomic E-state index is 13.7. The van der Waals surface area contributed by atoms with Crippen LogP contribution in [0.15, 0.2) is 53.4 Å². The van der Waals surface area contributed by atoms with E-state index in [0.29, 0.717) is 0 Å². The Balaban J connectivity index is 2.04. The topological polar surface area (TPSA) is 66.5 Å². The Bertz CT molecular complexity index is 857. The van der Waals surface area contributed by atoms with Gasteiger partial charge >= 0.3 is 0 Å². The Hall–Kier alpha value is -2.32. The molecule has 0 saturated carbocycles. The first-order valence-corrected chi connectivity index (χ1v) is 8.91. The number of carbonyl (C=O) groups excluding carboxylic acids is 1. The fraction of sp³-hybridized carbons (Fsp3) is 0.235. The van der Waals surface area contributed by atoms with Crippen LogP contribution in [-0.4, -0.2) is 32.2 Å². The molecule has 0 spiro atoms. The summed E-state index contributed by atoms with van der Waals surface area (Å²) in [5.74, 6) is -2.09. The highest BCUT2D eigenvalue weighted by Gasteiger charge is 2.23. The van der Waals surface area contributed by atoms with Crippen LogP contribution in [-0.2, 0) is 14.8 Å². The molecule has 2 rings (SSSR count). The molecule has 1 atom stereocenters. The molecule has 0 aliphatic heterocycles. The minimum atomic E-state index is -3.80. The molecule has 134 valence electrons. The van der Waals surface area contributed by atoms with E-state index in [0.717, 1.165) is 16.4 Å². The second kappa shape index (κ2) is 7.71. The smallest absolute Gasteiger partial charge is 0.243 e. The van der Waals surface area contributed by atoms with Crippen LogP contribution in [0.1, 0.15) is 18.5 Å². The average molecular weight is 368 g/mol. The Morgan fingerprint density at radius 2 is 1.80 bits per heavy atom. The van der Waals surface area contributed by atoms with Crippen molar-refractivity contribution in [1.82, 2.24) is 9.62 Å². The van der Waals surface area contributed by atoms with Crippen LogP contribution in [0.4, 0.5) is 8.78 Å². The van der Waals surface area contributed by atoms with Crippen molar-refractivity contribution in [3.05, 3.63) is 65.7 Å². The van der Waals surface area contributed by atoms with Crippen molar-refractivity contribution in [3.8, 4) is 0 Å². The normalized spacial score (nSPS) is 12.8. The molecular weight excluding hydrogens is 350 g/mol. The molecule has 8 heteroatoms. The van der Waals surface area contributed by atoms with Crippen LogP contribution in [0.25, 0.3) is 0 Å². The SMILES string of the molecule is CC(NC(=O)CN(C)S(=O)(=O)c1ccccc1)c1ccc(F)cc1F. The van der Waals surface area contributed by atoms with Gasteiger partial charge in [-0.05, 0) is 25.1 Å². The molecule has 0 aliphatic rings. The van der Waals surface area contributed by atoms with Crippen molar-refractivity contribution < 1.29 is 22.0 Å². The molecule has 0 aliphatic carbocycles. The van der Waals surface area contributed by atoms with Gasteiger partial charge in [-0.1, -0.05) is 24.3 Å². The number of sulfonamides is 1. The van der Waals surface area contributed by atoms with Crippen molar-refractivity contribution >= 4 is 15.9 Å². The van der Waals surface area contributed by atoms with Crippen molar-refractivity contribution in [1.29, 1.82) is 0 Å². The number of hydrogen-bond acceptors (Lipinski definition) is 3. The molecule has 2 aromatic carbocycles. The van der Waals surface area contributed by atoms with Gasteiger partial charge in [0.25, 0.3) is 0 Å². The van der Waals surface area contributed by atoms with Gasteiger partial charge in [-0.25, -0.2) is 17.2 Å². The van der Waals surface area contributed by atoms with Gasteiger partial charge in [-0.3, -0.25) is 4.79 Å². The molecule has 0 fully saturated rings. The molecule has 25 heavy (non-hydrogen) atoms. The summed E-state index contributed by atoms with van der Waals surface area (Å²) in [6.45, 7) is 1.10. The molecule has 0 aromatic heterocycles. The van der Waals surface area contributed by atoms with Crippen molar-refractivity contribution in [2.45, 2.75) is 17.9 Å². The van der Waals surface area contributed by atoms with Gasteiger partial charge < -0.3 is 5.32 Å². The van der Waals surface area contributed by atoms with E-state index in [2.05, 4.69) is 5.32 Å². The van der Waals surface area contributed by atoms with E-state index < -0.39 is 40.2 Å². The predicted octanol–water partition coefficient (Wildman–Crippen LogP) is 2.46. The number of rotatable bonds is 6. The second-order valence-corrected chi connectivity index (χ2v) is 7.57. The third-order valence-electron chi connectivity index (χ3n) is 3.62. The summed E-state index contributed by atoms with van der Waals surface area (Å²) in [4.78, 5) is 12.2. The fourth-order valence-electron chi connectivity index (χ4n) is 2.28. The number of nitrogens with zero attached hydrogens (tertiary/aromatic N) is 1. The summed E-state index contributed by atoms with van der Waals surface area (Å²) >= 11 is 0. The number of carbonyl (C=O) groups is 1. The lowest BCUT2D eigenvalue weighted by atomic mass is 10.1. The Labute approximate surface area is 145 Å². The van der Waals surface area contributed by atoms with Crippen molar-refractivity contribution in [3.63, 3.8) is 0 Å². The molecule has 1 unspecified atom stereocenters. The zero-order chi connectivity index (χ0) is 18.6. The fourth-order valence-corrected chi connectivity index (χ4v) is 3.43. The monoisotopic (exact) mass is 368 g/mol. The highest BCUT2D eigenvalue weighted by molar-refractivity contribution is 7.89. The van der Waals surface area contributed by atoms with Gasteiger partial charge in [0, 0.05) is 18.7 Å². The van der Waals surface area contributed by atoms with Gasteiger partial charge in [0.2, 0.25) is 15.9 Å². The van der Waals surface area contributed by atoms with Crippen LogP contribution in [0.2, 0.25) is 0 Å². The molecule has 1 amide bonds. The van der Waals surface area contributed by atoms with Crippen LogP contribution in [0, 0.1) is 11.6 Å². The maximum Gasteiger partial charge on any atom is 0.243 e. The Morgan fingerprint density at radius 1 is 1.16 bits per heavy atom. The van der Waals surface area contributed by atoms with Gasteiger partial charge in [0.1, 0.15) is 11.6 Å². The van der Waals surface area contributed by atoms with E-state index in [4.69, 9.17) is 0 Å². The number of amides is 1. The lowest BCUT2D eigenvalue weighted by molar-refractivity contribution is -0.121. The van der Waals surface area contributed by atoms with E-state index >= 15 is 0 Å². The van der Waals surface area contributed by atoms with Crippen molar-refractivity contribution in [2.75, 3.05) is 13.6 Å². The first-order chi connectivity index (χ1) is 11.7. The molecule has 0 heterocycles. The number of halogens is 2. The third kappa shape index (κ3) is 4.61. The lowest BCUT2D eigenvalue weighted by Gasteiger charge is -2.19. The first kappa shape index (κ1) is 19.0. The quantitative estimate of drug-likeness (QED) is 0.852. The third-order valence-corrected chi connectivity index (χ3v) is 5.44. The average Bonchev–Trinajstić information content (AvgIpc) is 2.55. The highest BCUT2D eigenvalue weighted by atomic mass is 32.2. The minimum Gasteiger partial charge on any atom is -0.348 e. The summed E-state index contributed by atoms with van der Waals surface area (Å²) in [6, 6.07) is 10.0. The summed E-state index contributed by atoms with van der Waals surface area (Å²) in [5, 5.41) is 2.50. The summed E-state index contributed by atoms with van der Waals surface area (Å²) in [5.41, 5.74) is 0.114. The molecule has 0 radical (unpaired) electrons. The largest absolute Gasteiger partial charge is 0.348 e. The summed E-state index contributed by atoms with van der Waals surface area (Å²) < 4.78 is 52.3. The zero-order valence-electron chi connectivity index (χ0n) is 13.7. The summed E-state index contributed by atoms with van der Waals surface area (Å²) in [6.07, 6.45) is 0. The van der Waals surface area contributed by atoms with Crippen molar-refractivity contribution in [2.24, 2.45) is 0 Å². The second-order valence-electron chi connectivity index (χ2n) is 5.53. The first-order valence-electron chi connectivity index (χ1n) is 7.47. The number of likely N-dealkylation sites (N-methyl/N-ethyl adjacent to an activating group) is 1. The number of benzene rings is 2. The standard InChI is InChI=1S/C17H18F2N2O3S/c1-12(15-9-8-13(18)10-16(15)19)20-17(22)11-21(2)25(23,24)14-6-4-3-5-7-14/h3-10,12H,11H2,1-2H3,(H,20,22). The maximum absolute atomic E-state index is 13.7. The number of nitrogens with one attached hydrogen (secondary N) is 1. The number of hydrogen-bond donors (Lipinski definition) is 1. The van der Waals surface area contributed by atoms with Gasteiger partial charge in [-0.2, -0.15) is 4.31 Å². The van der Waals surface area contributed by atoms with Crippen LogP contribution >= 0.6 is 0 Å². The van der Waals surface area contributed by atoms with E-state index in [1.54, 1.807) is 18.2 Å². The lowest BCUT2D eigenvalue weighted by Crippen LogP contribution is -2.39. The predicted molar refractivity (Wildman–Crippen MR) is 89.2 cm³/mol. The van der Waals surface area contributed by atoms with E-state index in [9.17, 15) is 22.0 Å². The van der Waals surface area contributed by atoms with E-state index in [1.807, 2.05) is 0 Å². The van der Waals surface area contributed by atoms with E-state index in [-0.39, 0.29) is 10.5 Å². The Kier molecular flexibility index (Phi) is 5.86. The summed E-state index contributed by atoms with van der Waals surface area (Å²) in [7, 11) is -2.52. The van der Waals surface area contributed by atoms with Gasteiger partial charge in [0.15, 0.2) is 0 Å². The van der Waals surface area contributed by atoms with Gasteiger partial charge in [0.05, 0.1) is 17.5 Å². The van der Waals surface area contributed by atoms with Crippen LogP contribution in [0.3, 0.4) is 0 Å². The van der Waals surface area contributed by atoms with Crippen LogP contribution < -0.4 is 5.32 Å². The molecule has 1 N–H and O–H groups in total. The zero-order valence-corrected chi connectivity index (χ0v) is 14.6.